The predicted octanol–water partition coefficient (Wildman–Crippen LogP) is 2.85. The molecule has 1 aromatic rings. The highest BCUT2D eigenvalue weighted by atomic mass is 35.5. The molecule has 0 aliphatic carbocycles. The molecule has 1 rings (SSSR count). The smallest absolute Gasteiger partial charge is 0.322 e. The van der Waals surface area contributed by atoms with Crippen LogP contribution in [-0.2, 0) is 0 Å². The highest BCUT2D eigenvalue weighted by Crippen LogP contribution is 2.10. The van der Waals surface area contributed by atoms with Crippen molar-refractivity contribution in [3.05, 3.63) is 5.28 Å². The van der Waals surface area contributed by atoms with Crippen LogP contribution < -0.4 is 10.5 Å². The van der Waals surface area contributed by atoms with E-state index in [1.54, 1.807) is 0 Å². The summed E-state index contributed by atoms with van der Waals surface area (Å²) in [4.78, 5) is 11.3. The zero-order valence-corrected chi connectivity index (χ0v) is 10.9. The fraction of sp³-hybridized carbons (Fsp3) is 0.727. The number of rotatable bonds is 8. The fourth-order valence-corrected chi connectivity index (χ4v) is 1.62. The predicted molar refractivity (Wildman–Crippen MR) is 68.1 cm³/mol. The van der Waals surface area contributed by atoms with E-state index in [2.05, 4.69) is 21.9 Å². The van der Waals surface area contributed by atoms with Crippen molar-refractivity contribution in [2.75, 3.05) is 12.3 Å². The number of unbranched alkanes of at least 4 members (excludes halogenated alkanes) is 5. The lowest BCUT2D eigenvalue weighted by molar-refractivity contribution is 0.281. The molecule has 0 unspecified atom stereocenters. The molecule has 1 aromatic heterocycles. The second-order valence-corrected chi connectivity index (χ2v) is 4.20. The van der Waals surface area contributed by atoms with Crippen LogP contribution in [0.15, 0.2) is 0 Å². The van der Waals surface area contributed by atoms with Gasteiger partial charge in [0.1, 0.15) is 0 Å². The molecule has 2 N–H and O–H groups in total. The second kappa shape index (κ2) is 8.06. The number of aromatic nitrogens is 3. The lowest BCUT2D eigenvalue weighted by Crippen LogP contribution is -2.05. The van der Waals surface area contributed by atoms with E-state index >= 15 is 0 Å². The Kier molecular flexibility index (Phi) is 6.62. The number of nitrogens with two attached hydrogens (primary N) is 1. The molecular formula is C11H19ClN4O. The Labute approximate surface area is 107 Å². The van der Waals surface area contributed by atoms with Crippen LogP contribution in [0, 0.1) is 0 Å². The molecule has 1 heterocycles. The Bertz CT molecular complexity index is 315. The maximum atomic E-state index is 5.63. The highest BCUT2D eigenvalue weighted by molar-refractivity contribution is 6.28. The Morgan fingerprint density at radius 1 is 1.06 bits per heavy atom. The third kappa shape index (κ3) is 6.26. The van der Waals surface area contributed by atoms with Crippen LogP contribution in [0.5, 0.6) is 6.01 Å². The van der Waals surface area contributed by atoms with Crippen molar-refractivity contribution in [2.24, 2.45) is 0 Å². The van der Waals surface area contributed by atoms with E-state index in [4.69, 9.17) is 22.1 Å². The van der Waals surface area contributed by atoms with Crippen LogP contribution in [0.4, 0.5) is 5.95 Å². The van der Waals surface area contributed by atoms with Gasteiger partial charge in [-0.1, -0.05) is 39.0 Å². The normalized spacial score (nSPS) is 10.5. The molecule has 0 aliphatic rings. The summed E-state index contributed by atoms with van der Waals surface area (Å²) < 4.78 is 5.35. The maximum absolute atomic E-state index is 5.63. The Balaban J connectivity index is 2.13. The average molecular weight is 259 g/mol. The molecule has 0 saturated carbocycles. The average Bonchev–Trinajstić information content (AvgIpc) is 2.26. The second-order valence-electron chi connectivity index (χ2n) is 3.86. The molecule has 0 bridgehead atoms. The van der Waals surface area contributed by atoms with Crippen LogP contribution in [0.25, 0.3) is 0 Å². The molecule has 0 amide bonds. The molecule has 0 spiro atoms. The summed E-state index contributed by atoms with van der Waals surface area (Å²) in [6.07, 6.45) is 7.26. The van der Waals surface area contributed by atoms with E-state index in [0.717, 1.165) is 12.8 Å². The summed E-state index contributed by atoms with van der Waals surface area (Å²) in [6, 6.07) is 0.205. The van der Waals surface area contributed by atoms with Gasteiger partial charge in [0, 0.05) is 0 Å². The Morgan fingerprint density at radius 3 is 2.47 bits per heavy atom. The summed E-state index contributed by atoms with van der Waals surface area (Å²) >= 11 is 5.63. The van der Waals surface area contributed by atoms with Crippen molar-refractivity contribution in [1.82, 2.24) is 15.0 Å². The summed E-state index contributed by atoms with van der Waals surface area (Å²) in [5.41, 5.74) is 5.42. The maximum Gasteiger partial charge on any atom is 0.322 e. The molecule has 0 aliphatic heterocycles. The molecule has 0 radical (unpaired) electrons. The zero-order valence-electron chi connectivity index (χ0n) is 10.2. The van der Waals surface area contributed by atoms with Gasteiger partial charge < -0.3 is 10.5 Å². The highest BCUT2D eigenvalue weighted by Gasteiger charge is 2.02. The number of halogens is 1. The topological polar surface area (TPSA) is 73.9 Å². The first-order valence-corrected chi connectivity index (χ1v) is 6.40. The zero-order chi connectivity index (χ0) is 12.5. The molecular weight excluding hydrogens is 240 g/mol. The van der Waals surface area contributed by atoms with Gasteiger partial charge in [-0.15, -0.1) is 0 Å². The Hall–Kier alpha value is -1.10. The van der Waals surface area contributed by atoms with Crippen LogP contribution in [0.1, 0.15) is 45.4 Å². The van der Waals surface area contributed by atoms with E-state index in [9.17, 15) is 0 Å². The Morgan fingerprint density at radius 2 is 1.76 bits per heavy atom. The van der Waals surface area contributed by atoms with Crippen molar-refractivity contribution in [1.29, 1.82) is 0 Å². The van der Waals surface area contributed by atoms with Crippen molar-refractivity contribution >= 4 is 17.5 Å². The van der Waals surface area contributed by atoms with Crippen molar-refractivity contribution in [3.8, 4) is 6.01 Å². The lowest BCUT2D eigenvalue weighted by atomic mass is 10.1. The number of ether oxygens (including phenoxy) is 1. The van der Waals surface area contributed by atoms with Gasteiger partial charge in [0.15, 0.2) is 0 Å². The minimum absolute atomic E-state index is 0.0652. The summed E-state index contributed by atoms with van der Waals surface area (Å²) in [7, 11) is 0. The first-order valence-electron chi connectivity index (χ1n) is 6.02. The minimum atomic E-state index is 0.0652. The third-order valence-corrected chi connectivity index (χ3v) is 2.50. The third-order valence-electron chi connectivity index (χ3n) is 2.33. The molecule has 0 fully saturated rings. The SMILES string of the molecule is CCCCCCCCOc1nc(N)nc(Cl)n1. The monoisotopic (exact) mass is 258 g/mol. The number of nitrogen functional groups attached to an aromatic ring is 1. The lowest BCUT2D eigenvalue weighted by Gasteiger charge is -2.04. The van der Waals surface area contributed by atoms with E-state index in [0.29, 0.717) is 6.61 Å². The number of hydrogen-bond acceptors (Lipinski definition) is 5. The largest absolute Gasteiger partial charge is 0.463 e. The van der Waals surface area contributed by atoms with E-state index < -0.39 is 0 Å². The van der Waals surface area contributed by atoms with Gasteiger partial charge >= 0.3 is 6.01 Å². The van der Waals surface area contributed by atoms with Crippen LogP contribution in [0.2, 0.25) is 5.28 Å². The van der Waals surface area contributed by atoms with E-state index in [1.807, 2.05) is 0 Å². The van der Waals surface area contributed by atoms with Crippen LogP contribution in [0.3, 0.4) is 0 Å². The number of nitrogens with zero attached hydrogens (tertiary/aromatic N) is 3. The van der Waals surface area contributed by atoms with Gasteiger partial charge in [0.05, 0.1) is 6.61 Å². The van der Waals surface area contributed by atoms with Gasteiger partial charge in [0.2, 0.25) is 11.2 Å². The minimum Gasteiger partial charge on any atom is -0.463 e. The molecule has 6 heteroatoms. The van der Waals surface area contributed by atoms with Gasteiger partial charge in [-0.2, -0.15) is 15.0 Å². The first-order chi connectivity index (χ1) is 8.22. The van der Waals surface area contributed by atoms with Gasteiger partial charge in [-0.05, 0) is 18.0 Å². The van der Waals surface area contributed by atoms with E-state index in [1.165, 1.54) is 25.7 Å². The van der Waals surface area contributed by atoms with Gasteiger partial charge in [-0.3, -0.25) is 0 Å². The summed E-state index contributed by atoms with van der Waals surface area (Å²) in [5, 5.41) is 0.0652. The quantitative estimate of drug-likeness (QED) is 0.726. The van der Waals surface area contributed by atoms with Gasteiger partial charge in [0.25, 0.3) is 0 Å². The first kappa shape index (κ1) is 14.0. The molecule has 0 aromatic carbocycles. The molecule has 17 heavy (non-hydrogen) atoms. The standard InChI is InChI=1S/C11H19ClN4O/c1-2-3-4-5-6-7-8-17-11-15-9(12)14-10(13)16-11/h2-8H2,1H3,(H2,13,14,15,16). The van der Waals surface area contributed by atoms with Crippen molar-refractivity contribution in [2.45, 2.75) is 45.4 Å². The van der Waals surface area contributed by atoms with Crippen LogP contribution in [-0.4, -0.2) is 21.6 Å². The van der Waals surface area contributed by atoms with Crippen molar-refractivity contribution < 1.29 is 4.74 Å². The van der Waals surface area contributed by atoms with Gasteiger partial charge in [-0.25, -0.2) is 0 Å². The summed E-state index contributed by atoms with van der Waals surface area (Å²) in [6.45, 7) is 2.80. The number of anilines is 1. The number of hydrogen-bond donors (Lipinski definition) is 1. The molecule has 0 atom stereocenters. The summed E-state index contributed by atoms with van der Waals surface area (Å²) in [5.74, 6) is 0.0861. The fourth-order valence-electron chi connectivity index (χ4n) is 1.46. The molecule has 96 valence electrons. The molecule has 0 saturated heterocycles. The van der Waals surface area contributed by atoms with Crippen molar-refractivity contribution in [3.63, 3.8) is 0 Å². The van der Waals surface area contributed by atoms with E-state index in [-0.39, 0.29) is 17.2 Å². The molecule has 5 nitrogen and oxygen atoms in total. The van der Waals surface area contributed by atoms with Crippen LogP contribution >= 0.6 is 11.6 Å².